The van der Waals surface area contributed by atoms with Crippen LogP contribution in [0.25, 0.3) is 0 Å². The minimum atomic E-state index is 0.252. The highest BCUT2D eigenvalue weighted by molar-refractivity contribution is 7.09. The van der Waals surface area contributed by atoms with Crippen LogP contribution in [0.5, 0.6) is 0 Å². The summed E-state index contributed by atoms with van der Waals surface area (Å²) in [6, 6.07) is 4.38. The second-order valence-electron chi connectivity index (χ2n) is 6.22. The fourth-order valence-corrected chi connectivity index (χ4v) is 3.97. The quantitative estimate of drug-likeness (QED) is 0.836. The van der Waals surface area contributed by atoms with Crippen LogP contribution in [0, 0.1) is 5.92 Å². The lowest BCUT2D eigenvalue weighted by molar-refractivity contribution is 0.108. The van der Waals surface area contributed by atoms with Gasteiger partial charge in [-0.3, -0.25) is 4.90 Å². The number of nitrogens with zero attached hydrogens (tertiary/aromatic N) is 1. The molecule has 0 bridgehead atoms. The minimum absolute atomic E-state index is 0.252. The van der Waals surface area contributed by atoms with Gasteiger partial charge in [0.05, 0.1) is 0 Å². The fraction of sp³-hybridized carbons (Fsp3) is 0.750. The van der Waals surface area contributed by atoms with Crippen molar-refractivity contribution < 1.29 is 0 Å². The summed E-state index contributed by atoms with van der Waals surface area (Å²) in [4.78, 5) is 4.03. The molecule has 1 aromatic rings. The van der Waals surface area contributed by atoms with Crippen molar-refractivity contribution in [3.8, 4) is 0 Å². The van der Waals surface area contributed by atoms with Crippen LogP contribution in [0.1, 0.15) is 43.9 Å². The minimum Gasteiger partial charge on any atom is -0.329 e. The number of hydrogen-bond donors (Lipinski definition) is 1. The average Bonchev–Trinajstić information content (AvgIpc) is 2.86. The average molecular weight is 280 g/mol. The molecule has 2 nitrogen and oxygen atoms in total. The molecule has 2 rings (SSSR count). The Morgan fingerprint density at radius 1 is 1.42 bits per heavy atom. The Labute approximate surface area is 122 Å². The van der Waals surface area contributed by atoms with E-state index in [0.717, 1.165) is 25.4 Å². The predicted molar refractivity (Wildman–Crippen MR) is 84.7 cm³/mol. The second kappa shape index (κ2) is 6.87. The smallest absolute Gasteiger partial charge is 0.0328 e. The molecule has 0 aromatic carbocycles. The molecule has 2 atom stereocenters. The second-order valence-corrected chi connectivity index (χ2v) is 7.25. The Hall–Kier alpha value is -0.380. The molecule has 0 aliphatic heterocycles. The molecule has 0 saturated heterocycles. The van der Waals surface area contributed by atoms with Crippen molar-refractivity contribution in [3.05, 3.63) is 22.4 Å². The van der Waals surface area contributed by atoms with Crippen molar-refractivity contribution in [2.75, 3.05) is 20.1 Å². The van der Waals surface area contributed by atoms with Crippen LogP contribution in [0.3, 0.4) is 0 Å². The van der Waals surface area contributed by atoms with Crippen LogP contribution in [-0.2, 0) is 6.42 Å². The predicted octanol–water partition coefficient (Wildman–Crippen LogP) is 3.52. The first kappa shape index (κ1) is 15.0. The molecule has 1 fully saturated rings. The molecule has 0 amide bonds. The number of nitrogens with two attached hydrogens (primary N) is 1. The molecule has 2 unspecified atom stereocenters. The summed E-state index contributed by atoms with van der Waals surface area (Å²) in [5, 5.41) is 2.17. The van der Waals surface area contributed by atoms with Crippen LogP contribution in [-0.4, -0.2) is 30.6 Å². The molecule has 1 heterocycles. The maximum absolute atomic E-state index is 6.16. The van der Waals surface area contributed by atoms with Gasteiger partial charge in [0.1, 0.15) is 0 Å². The summed E-state index contributed by atoms with van der Waals surface area (Å²) < 4.78 is 0. The molecular formula is C16H28N2S. The number of rotatable bonds is 5. The van der Waals surface area contributed by atoms with E-state index in [2.05, 4.69) is 36.4 Å². The topological polar surface area (TPSA) is 29.3 Å². The summed E-state index contributed by atoms with van der Waals surface area (Å²) in [5.41, 5.74) is 6.42. The van der Waals surface area contributed by atoms with E-state index in [-0.39, 0.29) is 5.54 Å². The Morgan fingerprint density at radius 3 is 2.95 bits per heavy atom. The van der Waals surface area contributed by atoms with Gasteiger partial charge >= 0.3 is 0 Å². The summed E-state index contributed by atoms with van der Waals surface area (Å²) in [5.74, 6) is 0.874. The summed E-state index contributed by atoms with van der Waals surface area (Å²) in [6.45, 7) is 4.32. The zero-order valence-corrected chi connectivity index (χ0v) is 13.2. The lowest BCUT2D eigenvalue weighted by Crippen LogP contribution is -2.52. The van der Waals surface area contributed by atoms with Crippen molar-refractivity contribution in [3.63, 3.8) is 0 Å². The van der Waals surface area contributed by atoms with Gasteiger partial charge in [-0.1, -0.05) is 25.8 Å². The zero-order chi connectivity index (χ0) is 13.7. The van der Waals surface area contributed by atoms with Gasteiger partial charge in [0, 0.05) is 23.5 Å². The van der Waals surface area contributed by atoms with Crippen LogP contribution in [0.15, 0.2) is 17.5 Å². The van der Waals surface area contributed by atoms with E-state index >= 15 is 0 Å². The van der Waals surface area contributed by atoms with E-state index in [9.17, 15) is 0 Å². The Kier molecular flexibility index (Phi) is 5.43. The monoisotopic (exact) mass is 280 g/mol. The van der Waals surface area contributed by atoms with Gasteiger partial charge in [-0.25, -0.2) is 0 Å². The van der Waals surface area contributed by atoms with Gasteiger partial charge < -0.3 is 5.73 Å². The maximum atomic E-state index is 6.16. The van der Waals surface area contributed by atoms with E-state index < -0.39 is 0 Å². The van der Waals surface area contributed by atoms with Gasteiger partial charge in [0.25, 0.3) is 0 Å². The van der Waals surface area contributed by atoms with Gasteiger partial charge in [0.15, 0.2) is 0 Å². The Balaban J connectivity index is 1.94. The third-order valence-electron chi connectivity index (χ3n) is 4.90. The van der Waals surface area contributed by atoms with Crippen molar-refractivity contribution >= 4 is 11.3 Å². The maximum Gasteiger partial charge on any atom is 0.0328 e. The summed E-state index contributed by atoms with van der Waals surface area (Å²) in [6.07, 6.45) is 7.74. The van der Waals surface area contributed by atoms with Gasteiger partial charge in [-0.05, 0) is 50.1 Å². The third-order valence-corrected chi connectivity index (χ3v) is 5.84. The SMILES string of the molecule is CC1CCCC(CN)(N(C)CCc2cccs2)CC1. The molecule has 0 radical (unpaired) electrons. The Morgan fingerprint density at radius 2 is 2.26 bits per heavy atom. The van der Waals surface area contributed by atoms with Crippen LogP contribution in [0.4, 0.5) is 0 Å². The normalized spacial score (nSPS) is 28.5. The fourth-order valence-electron chi connectivity index (χ4n) is 3.28. The first-order valence-electron chi connectivity index (χ1n) is 7.60. The molecule has 108 valence electrons. The highest BCUT2D eigenvalue weighted by atomic mass is 32.1. The highest BCUT2D eigenvalue weighted by Gasteiger charge is 2.34. The third kappa shape index (κ3) is 3.80. The molecule has 19 heavy (non-hydrogen) atoms. The van der Waals surface area contributed by atoms with E-state index in [1.165, 1.54) is 37.0 Å². The van der Waals surface area contributed by atoms with Crippen molar-refractivity contribution in [1.82, 2.24) is 4.90 Å². The lowest BCUT2D eigenvalue weighted by Gasteiger charge is -2.41. The molecular weight excluding hydrogens is 252 g/mol. The summed E-state index contributed by atoms with van der Waals surface area (Å²) in [7, 11) is 2.27. The van der Waals surface area contributed by atoms with Crippen LogP contribution in [0.2, 0.25) is 0 Å². The van der Waals surface area contributed by atoms with E-state index in [1.54, 1.807) is 0 Å². The van der Waals surface area contributed by atoms with Gasteiger partial charge in [-0.15, -0.1) is 11.3 Å². The molecule has 3 heteroatoms. The lowest BCUT2D eigenvalue weighted by atomic mass is 9.88. The Bertz CT molecular complexity index is 363. The molecule has 0 spiro atoms. The molecule has 1 aliphatic carbocycles. The van der Waals surface area contributed by atoms with E-state index in [0.29, 0.717) is 0 Å². The molecule has 1 aromatic heterocycles. The van der Waals surface area contributed by atoms with Crippen LogP contribution < -0.4 is 5.73 Å². The number of thiophene rings is 1. The highest BCUT2D eigenvalue weighted by Crippen LogP contribution is 2.33. The van der Waals surface area contributed by atoms with Gasteiger partial charge in [-0.2, -0.15) is 0 Å². The van der Waals surface area contributed by atoms with Crippen molar-refractivity contribution in [2.24, 2.45) is 11.7 Å². The number of likely N-dealkylation sites (N-methyl/N-ethyl adjacent to an activating group) is 1. The standard InChI is InChI=1S/C16H28N2S/c1-14-5-3-9-16(13-17,10-7-14)18(2)11-8-15-6-4-12-19-15/h4,6,12,14H,3,5,7-11,13,17H2,1-2H3. The van der Waals surface area contributed by atoms with Crippen LogP contribution >= 0.6 is 11.3 Å². The zero-order valence-electron chi connectivity index (χ0n) is 12.4. The van der Waals surface area contributed by atoms with E-state index in [1.807, 2.05) is 11.3 Å². The molecule has 2 N–H and O–H groups in total. The molecule has 1 aliphatic rings. The van der Waals surface area contributed by atoms with Gasteiger partial charge in [0.2, 0.25) is 0 Å². The van der Waals surface area contributed by atoms with Crippen molar-refractivity contribution in [2.45, 2.75) is 51.0 Å². The summed E-state index contributed by atoms with van der Waals surface area (Å²) >= 11 is 1.86. The van der Waals surface area contributed by atoms with E-state index in [4.69, 9.17) is 5.73 Å². The largest absolute Gasteiger partial charge is 0.329 e. The van der Waals surface area contributed by atoms with Crippen molar-refractivity contribution in [1.29, 1.82) is 0 Å². The number of hydrogen-bond acceptors (Lipinski definition) is 3. The first-order valence-corrected chi connectivity index (χ1v) is 8.48. The first-order chi connectivity index (χ1) is 9.16. The molecule has 1 saturated carbocycles.